The lowest BCUT2D eigenvalue weighted by atomic mass is 9.95. The van der Waals surface area contributed by atoms with Crippen molar-refractivity contribution in [3.63, 3.8) is 0 Å². The number of carbonyl (C=O) groups is 2. The summed E-state index contributed by atoms with van der Waals surface area (Å²) in [5.74, 6) is -0.667. The highest BCUT2D eigenvalue weighted by atomic mass is 35.5. The van der Waals surface area contributed by atoms with Crippen molar-refractivity contribution in [3.8, 4) is 0 Å². The Kier molecular flexibility index (Phi) is 11.0. The van der Waals surface area contributed by atoms with E-state index in [1.54, 1.807) is 42.5 Å². The Bertz CT molecular complexity index is 1440. The summed E-state index contributed by atoms with van der Waals surface area (Å²) in [5, 5.41) is 3.74. The fraction of sp³-hybridized carbons (Fsp3) is 0.394. The van der Waals surface area contributed by atoms with E-state index in [-0.39, 0.29) is 23.4 Å². The van der Waals surface area contributed by atoms with Crippen LogP contribution in [0.4, 0.5) is 5.69 Å². The minimum atomic E-state index is -4.10. The summed E-state index contributed by atoms with van der Waals surface area (Å²) in [7, 11) is -4.10. The SMILES string of the molecule is CCc1ccccc1N(CC(=O)N(Cc1ccc(Cl)cc1)[C@H](CC)C(=O)NC1CCCCC1)S(=O)(=O)c1ccccc1. The lowest BCUT2D eigenvalue weighted by Gasteiger charge is -2.35. The first-order valence-corrected chi connectivity index (χ1v) is 16.6. The Labute approximate surface area is 254 Å². The number of hydrogen-bond donors (Lipinski definition) is 1. The molecule has 2 amide bonds. The number of nitrogens with one attached hydrogen (secondary N) is 1. The Morgan fingerprint density at radius 2 is 1.55 bits per heavy atom. The molecule has 224 valence electrons. The zero-order valence-electron chi connectivity index (χ0n) is 24.3. The predicted octanol–water partition coefficient (Wildman–Crippen LogP) is 6.35. The molecule has 0 unspecified atom stereocenters. The molecule has 9 heteroatoms. The summed E-state index contributed by atoms with van der Waals surface area (Å²) >= 11 is 6.12. The molecule has 0 heterocycles. The van der Waals surface area contributed by atoms with Gasteiger partial charge in [0.25, 0.3) is 10.0 Å². The minimum absolute atomic E-state index is 0.0826. The van der Waals surface area contributed by atoms with Gasteiger partial charge in [-0.15, -0.1) is 0 Å². The monoisotopic (exact) mass is 609 g/mol. The molecule has 0 saturated heterocycles. The fourth-order valence-electron chi connectivity index (χ4n) is 5.54. The lowest BCUT2D eigenvalue weighted by molar-refractivity contribution is -0.140. The van der Waals surface area contributed by atoms with Crippen molar-refractivity contribution < 1.29 is 18.0 Å². The van der Waals surface area contributed by atoms with Crippen molar-refractivity contribution in [1.82, 2.24) is 10.2 Å². The van der Waals surface area contributed by atoms with Crippen molar-refractivity contribution in [2.45, 2.75) is 82.3 Å². The molecule has 1 aliphatic rings. The van der Waals surface area contributed by atoms with Gasteiger partial charge in [-0.25, -0.2) is 8.42 Å². The molecule has 0 radical (unpaired) electrons. The van der Waals surface area contributed by atoms with E-state index in [0.29, 0.717) is 23.6 Å². The number of benzene rings is 3. The fourth-order valence-corrected chi connectivity index (χ4v) is 7.14. The molecule has 42 heavy (non-hydrogen) atoms. The summed E-state index contributed by atoms with van der Waals surface area (Å²) in [4.78, 5) is 29.5. The van der Waals surface area contributed by atoms with E-state index >= 15 is 0 Å². The summed E-state index contributed by atoms with van der Waals surface area (Å²) in [6.07, 6.45) is 6.11. The maximum Gasteiger partial charge on any atom is 0.264 e. The van der Waals surface area contributed by atoms with Gasteiger partial charge in [-0.3, -0.25) is 13.9 Å². The van der Waals surface area contributed by atoms with Crippen LogP contribution in [-0.4, -0.2) is 43.8 Å². The molecule has 7 nitrogen and oxygen atoms in total. The third-order valence-electron chi connectivity index (χ3n) is 7.85. The van der Waals surface area contributed by atoms with Crippen molar-refractivity contribution in [2.75, 3.05) is 10.8 Å². The Morgan fingerprint density at radius 3 is 2.19 bits per heavy atom. The third-order valence-corrected chi connectivity index (χ3v) is 9.88. The van der Waals surface area contributed by atoms with Gasteiger partial charge in [-0.05, 0) is 67.1 Å². The van der Waals surface area contributed by atoms with Crippen LogP contribution in [0.25, 0.3) is 0 Å². The highest BCUT2D eigenvalue weighted by Crippen LogP contribution is 2.28. The maximum absolute atomic E-state index is 14.3. The van der Waals surface area contributed by atoms with Crippen LogP contribution in [0.2, 0.25) is 5.02 Å². The van der Waals surface area contributed by atoms with E-state index in [0.717, 1.165) is 43.2 Å². The first kappa shape index (κ1) is 31.6. The number of halogens is 1. The number of rotatable bonds is 12. The normalized spacial score (nSPS) is 14.6. The summed E-state index contributed by atoms with van der Waals surface area (Å²) < 4.78 is 29.3. The van der Waals surface area contributed by atoms with Gasteiger partial charge in [0.15, 0.2) is 0 Å². The molecular formula is C33H40ClN3O4S. The molecule has 3 aromatic rings. The van der Waals surface area contributed by atoms with Gasteiger partial charge in [-0.2, -0.15) is 0 Å². The highest BCUT2D eigenvalue weighted by molar-refractivity contribution is 7.92. The van der Waals surface area contributed by atoms with E-state index in [2.05, 4.69) is 5.32 Å². The van der Waals surface area contributed by atoms with E-state index in [4.69, 9.17) is 11.6 Å². The molecule has 3 aromatic carbocycles. The van der Waals surface area contributed by atoms with Crippen LogP contribution in [0.3, 0.4) is 0 Å². The second-order valence-electron chi connectivity index (χ2n) is 10.7. The van der Waals surface area contributed by atoms with Crippen LogP contribution in [0.15, 0.2) is 83.8 Å². The first-order chi connectivity index (χ1) is 20.2. The number of anilines is 1. The number of carbonyl (C=O) groups excluding carboxylic acids is 2. The summed E-state index contributed by atoms with van der Waals surface area (Å²) in [5.41, 5.74) is 2.04. The van der Waals surface area contributed by atoms with Crippen LogP contribution >= 0.6 is 11.6 Å². The second kappa shape index (κ2) is 14.7. The number of sulfonamides is 1. The van der Waals surface area contributed by atoms with Crippen LogP contribution < -0.4 is 9.62 Å². The van der Waals surface area contributed by atoms with Crippen LogP contribution in [0, 0.1) is 0 Å². The molecule has 1 aliphatic carbocycles. The van der Waals surface area contributed by atoms with E-state index in [1.807, 2.05) is 38.1 Å². The van der Waals surface area contributed by atoms with Crippen LogP contribution in [0.5, 0.6) is 0 Å². The van der Waals surface area contributed by atoms with Gasteiger partial charge in [0.2, 0.25) is 11.8 Å². The standard InChI is InChI=1S/C33H40ClN3O4S/c1-3-26-13-11-12-18-31(26)37(42(40,41)29-16-9-6-10-17-29)24-32(38)36(23-25-19-21-27(34)22-20-25)30(4-2)33(39)35-28-14-7-5-8-15-28/h6,9-13,16-22,28,30H,3-5,7-8,14-15,23-24H2,1-2H3,(H,35,39)/t30-/m1/s1. The van der Waals surface area contributed by atoms with E-state index in [1.165, 1.54) is 21.3 Å². The second-order valence-corrected chi connectivity index (χ2v) is 13.0. The molecule has 0 bridgehead atoms. The molecule has 1 atom stereocenters. The summed E-state index contributed by atoms with van der Waals surface area (Å²) in [6, 6.07) is 21.8. The van der Waals surface area contributed by atoms with Crippen LogP contribution in [-0.2, 0) is 32.6 Å². The Balaban J connectivity index is 1.72. The van der Waals surface area contributed by atoms with Gasteiger partial charge >= 0.3 is 0 Å². The molecule has 1 fully saturated rings. The number of aryl methyl sites for hydroxylation is 1. The molecule has 0 aliphatic heterocycles. The van der Waals surface area contributed by atoms with Gasteiger partial charge in [0.1, 0.15) is 12.6 Å². The number of nitrogens with zero attached hydrogens (tertiary/aromatic N) is 2. The van der Waals surface area contributed by atoms with Gasteiger partial charge in [0, 0.05) is 17.6 Å². The Morgan fingerprint density at radius 1 is 0.905 bits per heavy atom. The minimum Gasteiger partial charge on any atom is -0.352 e. The highest BCUT2D eigenvalue weighted by Gasteiger charge is 2.35. The molecular weight excluding hydrogens is 570 g/mol. The van der Waals surface area contributed by atoms with Crippen LogP contribution in [0.1, 0.15) is 63.5 Å². The molecule has 1 saturated carbocycles. The molecule has 4 rings (SSSR count). The smallest absolute Gasteiger partial charge is 0.264 e. The summed E-state index contributed by atoms with van der Waals surface area (Å²) in [6.45, 7) is 3.51. The number of hydrogen-bond acceptors (Lipinski definition) is 4. The molecule has 1 N–H and O–H groups in total. The Hall–Kier alpha value is -3.36. The van der Waals surface area contributed by atoms with Gasteiger partial charge < -0.3 is 10.2 Å². The average molecular weight is 610 g/mol. The number of amides is 2. The van der Waals surface area contributed by atoms with Crippen molar-refractivity contribution in [3.05, 3.63) is 95.0 Å². The first-order valence-electron chi connectivity index (χ1n) is 14.7. The quantitative estimate of drug-likeness (QED) is 0.259. The van der Waals surface area contributed by atoms with Gasteiger partial charge in [0.05, 0.1) is 10.6 Å². The predicted molar refractivity (Wildman–Crippen MR) is 168 cm³/mol. The largest absolute Gasteiger partial charge is 0.352 e. The molecule has 0 aromatic heterocycles. The number of para-hydroxylation sites is 1. The maximum atomic E-state index is 14.3. The lowest BCUT2D eigenvalue weighted by Crippen LogP contribution is -2.54. The molecule has 0 spiro atoms. The van der Waals surface area contributed by atoms with Crippen molar-refractivity contribution >= 4 is 39.1 Å². The van der Waals surface area contributed by atoms with Gasteiger partial charge in [-0.1, -0.05) is 93.2 Å². The zero-order valence-corrected chi connectivity index (χ0v) is 25.9. The topological polar surface area (TPSA) is 86.8 Å². The van der Waals surface area contributed by atoms with Crippen molar-refractivity contribution in [1.29, 1.82) is 0 Å². The zero-order chi connectivity index (χ0) is 30.1. The third kappa shape index (κ3) is 7.72. The van der Waals surface area contributed by atoms with Crippen molar-refractivity contribution in [2.24, 2.45) is 0 Å². The average Bonchev–Trinajstić information content (AvgIpc) is 3.01. The van der Waals surface area contributed by atoms with E-state index in [9.17, 15) is 18.0 Å². The van der Waals surface area contributed by atoms with E-state index < -0.39 is 28.5 Å².